The molecule has 2 atom stereocenters. The predicted octanol–water partition coefficient (Wildman–Crippen LogP) is 3.18. The lowest BCUT2D eigenvalue weighted by Gasteiger charge is -2.19. The van der Waals surface area contributed by atoms with Crippen molar-refractivity contribution in [1.29, 1.82) is 0 Å². The molecule has 134 valence electrons. The maximum Gasteiger partial charge on any atom is 0.278 e. The number of carbonyl (C=O) groups is 1. The van der Waals surface area contributed by atoms with Crippen LogP contribution in [0.3, 0.4) is 0 Å². The molecular formula is C20H26BrN2O2+. The van der Waals surface area contributed by atoms with Gasteiger partial charge in [0.15, 0.2) is 6.04 Å². The number of nitrogens with two attached hydrogens (primary N) is 1. The molecule has 0 spiro atoms. The molecule has 0 aliphatic rings. The minimum atomic E-state index is -0.146. The van der Waals surface area contributed by atoms with E-state index in [1.54, 1.807) is 7.11 Å². The summed E-state index contributed by atoms with van der Waals surface area (Å²) in [7, 11) is 1.64. The summed E-state index contributed by atoms with van der Waals surface area (Å²) >= 11 is 3.46. The molecule has 1 amide bonds. The molecule has 0 unspecified atom stereocenters. The van der Waals surface area contributed by atoms with Gasteiger partial charge in [0.2, 0.25) is 0 Å². The van der Waals surface area contributed by atoms with Crippen LogP contribution in [0, 0.1) is 0 Å². The average molecular weight is 406 g/mol. The third kappa shape index (κ3) is 5.87. The van der Waals surface area contributed by atoms with Gasteiger partial charge in [-0.2, -0.15) is 0 Å². The van der Waals surface area contributed by atoms with Crippen LogP contribution in [0.2, 0.25) is 0 Å². The Hall–Kier alpha value is -1.85. The molecule has 25 heavy (non-hydrogen) atoms. The third-order valence-corrected chi connectivity index (χ3v) is 4.83. The molecule has 0 aliphatic carbocycles. The van der Waals surface area contributed by atoms with Crippen molar-refractivity contribution in [3.05, 3.63) is 64.1 Å². The number of carbonyl (C=O) groups excluding carboxylic acids is 1. The van der Waals surface area contributed by atoms with E-state index >= 15 is 0 Å². The van der Waals surface area contributed by atoms with Crippen LogP contribution in [0.25, 0.3) is 0 Å². The highest BCUT2D eigenvalue weighted by molar-refractivity contribution is 9.10. The van der Waals surface area contributed by atoms with Gasteiger partial charge >= 0.3 is 0 Å². The van der Waals surface area contributed by atoms with Crippen molar-refractivity contribution in [1.82, 2.24) is 5.32 Å². The van der Waals surface area contributed by atoms with Gasteiger partial charge in [0.05, 0.1) is 7.11 Å². The highest BCUT2D eigenvalue weighted by Gasteiger charge is 2.21. The number of halogens is 1. The zero-order chi connectivity index (χ0) is 18.2. The van der Waals surface area contributed by atoms with Gasteiger partial charge in [0.1, 0.15) is 11.8 Å². The standard InChI is InChI=1S/C20H25BrN2O2/c1-4-19(16-7-9-17(21)10-8-16)23-14(2)20(24)22-13-15-5-11-18(25-3)12-6-15/h5-12,14,19,23H,4,13H2,1-3H3,(H,22,24)/p+1/t14-,19+/m0/s1. The highest BCUT2D eigenvalue weighted by atomic mass is 79.9. The smallest absolute Gasteiger partial charge is 0.278 e. The van der Waals surface area contributed by atoms with Crippen molar-refractivity contribution < 1.29 is 14.8 Å². The van der Waals surface area contributed by atoms with Gasteiger partial charge in [-0.3, -0.25) is 4.79 Å². The topological polar surface area (TPSA) is 54.9 Å². The van der Waals surface area contributed by atoms with Crippen LogP contribution in [0.15, 0.2) is 53.0 Å². The minimum Gasteiger partial charge on any atom is -0.497 e. The second-order valence-electron chi connectivity index (χ2n) is 6.11. The maximum atomic E-state index is 12.4. The van der Waals surface area contributed by atoms with Crippen molar-refractivity contribution in [3.8, 4) is 5.75 Å². The average Bonchev–Trinajstić information content (AvgIpc) is 2.65. The van der Waals surface area contributed by atoms with Crippen LogP contribution >= 0.6 is 15.9 Å². The first-order valence-electron chi connectivity index (χ1n) is 8.54. The largest absolute Gasteiger partial charge is 0.497 e. The summed E-state index contributed by atoms with van der Waals surface area (Å²) in [6.07, 6.45) is 0.970. The van der Waals surface area contributed by atoms with E-state index in [0.29, 0.717) is 6.54 Å². The number of hydrogen-bond donors (Lipinski definition) is 2. The number of amides is 1. The highest BCUT2D eigenvalue weighted by Crippen LogP contribution is 2.16. The number of hydrogen-bond acceptors (Lipinski definition) is 2. The van der Waals surface area contributed by atoms with E-state index in [-0.39, 0.29) is 18.0 Å². The molecule has 0 aliphatic heterocycles. The molecule has 0 saturated heterocycles. The maximum absolute atomic E-state index is 12.4. The molecule has 0 aromatic heterocycles. The fraction of sp³-hybridized carbons (Fsp3) is 0.350. The molecule has 0 radical (unpaired) electrons. The molecule has 0 bridgehead atoms. The Morgan fingerprint density at radius 2 is 1.80 bits per heavy atom. The van der Waals surface area contributed by atoms with Gasteiger partial charge in [0.25, 0.3) is 5.91 Å². The monoisotopic (exact) mass is 405 g/mol. The molecule has 0 fully saturated rings. The number of quaternary nitrogens is 1. The van der Waals surface area contributed by atoms with Crippen molar-refractivity contribution in [2.24, 2.45) is 0 Å². The summed E-state index contributed by atoms with van der Waals surface area (Å²) in [5, 5.41) is 5.14. The van der Waals surface area contributed by atoms with Crippen molar-refractivity contribution in [2.45, 2.75) is 38.9 Å². The summed E-state index contributed by atoms with van der Waals surface area (Å²) in [4.78, 5) is 12.4. The first kappa shape index (κ1) is 19.5. The summed E-state index contributed by atoms with van der Waals surface area (Å²) in [6.45, 7) is 4.62. The Bertz CT molecular complexity index is 671. The normalized spacial score (nSPS) is 13.1. The Morgan fingerprint density at radius 3 is 2.36 bits per heavy atom. The van der Waals surface area contributed by atoms with E-state index in [4.69, 9.17) is 4.74 Å². The molecule has 2 aromatic carbocycles. The number of benzene rings is 2. The molecule has 2 rings (SSSR count). The summed E-state index contributed by atoms with van der Waals surface area (Å²) in [5.41, 5.74) is 2.29. The van der Waals surface area contributed by atoms with Crippen LogP contribution in [-0.2, 0) is 11.3 Å². The zero-order valence-corrected chi connectivity index (χ0v) is 16.5. The molecule has 2 aromatic rings. The van der Waals surface area contributed by atoms with Crippen molar-refractivity contribution >= 4 is 21.8 Å². The number of nitrogens with one attached hydrogen (secondary N) is 1. The second kappa shape index (κ2) is 9.59. The van der Waals surface area contributed by atoms with Crippen LogP contribution < -0.4 is 15.4 Å². The van der Waals surface area contributed by atoms with E-state index in [9.17, 15) is 4.79 Å². The zero-order valence-electron chi connectivity index (χ0n) is 15.0. The van der Waals surface area contributed by atoms with E-state index in [1.807, 2.05) is 43.3 Å². The van der Waals surface area contributed by atoms with E-state index in [2.05, 4.69) is 45.6 Å². The molecule has 0 heterocycles. The fourth-order valence-corrected chi connectivity index (χ4v) is 2.99. The van der Waals surface area contributed by atoms with E-state index < -0.39 is 0 Å². The van der Waals surface area contributed by atoms with Gasteiger partial charge in [-0.15, -0.1) is 0 Å². The lowest BCUT2D eigenvalue weighted by atomic mass is 10.0. The summed E-state index contributed by atoms with van der Waals surface area (Å²) < 4.78 is 6.21. The number of ether oxygens (including phenoxy) is 1. The lowest BCUT2D eigenvalue weighted by molar-refractivity contribution is -0.713. The Morgan fingerprint density at radius 1 is 1.16 bits per heavy atom. The third-order valence-electron chi connectivity index (χ3n) is 4.30. The minimum absolute atomic E-state index is 0.0476. The molecule has 0 saturated carbocycles. The summed E-state index contributed by atoms with van der Waals surface area (Å²) in [6, 6.07) is 16.2. The van der Waals surface area contributed by atoms with Crippen molar-refractivity contribution in [2.75, 3.05) is 7.11 Å². The molecule has 5 heteroatoms. The van der Waals surface area contributed by atoms with Crippen LogP contribution in [0.5, 0.6) is 5.75 Å². The fourth-order valence-electron chi connectivity index (χ4n) is 2.72. The molecule has 4 nitrogen and oxygen atoms in total. The van der Waals surface area contributed by atoms with Crippen molar-refractivity contribution in [3.63, 3.8) is 0 Å². The Kier molecular flexibility index (Phi) is 7.47. The summed E-state index contributed by atoms with van der Waals surface area (Å²) in [5.74, 6) is 0.864. The van der Waals surface area contributed by atoms with E-state index in [1.165, 1.54) is 5.56 Å². The lowest BCUT2D eigenvalue weighted by Crippen LogP contribution is -2.92. The second-order valence-corrected chi connectivity index (χ2v) is 7.03. The number of methoxy groups -OCH3 is 1. The van der Waals surface area contributed by atoms with Gasteiger partial charge in [-0.05, 0) is 36.8 Å². The first-order valence-corrected chi connectivity index (χ1v) is 9.34. The molecule has 3 N–H and O–H groups in total. The molecular weight excluding hydrogens is 380 g/mol. The van der Waals surface area contributed by atoms with Gasteiger partial charge in [-0.25, -0.2) is 0 Å². The van der Waals surface area contributed by atoms with Gasteiger partial charge < -0.3 is 15.4 Å². The Balaban J connectivity index is 1.88. The van der Waals surface area contributed by atoms with Gasteiger partial charge in [-0.1, -0.05) is 47.1 Å². The van der Waals surface area contributed by atoms with Crippen LogP contribution in [0.1, 0.15) is 37.4 Å². The predicted molar refractivity (Wildman–Crippen MR) is 103 cm³/mol. The Labute approximate surface area is 158 Å². The SMILES string of the molecule is CC[C@@H]([NH2+][C@@H](C)C(=O)NCc1ccc(OC)cc1)c1ccc(Br)cc1. The van der Waals surface area contributed by atoms with Crippen LogP contribution in [0.4, 0.5) is 0 Å². The van der Waals surface area contributed by atoms with E-state index in [0.717, 1.165) is 22.2 Å². The van der Waals surface area contributed by atoms with Gasteiger partial charge in [0, 0.05) is 23.0 Å². The first-order chi connectivity index (χ1) is 12.0. The number of rotatable bonds is 8. The quantitative estimate of drug-likeness (QED) is 0.708. The van der Waals surface area contributed by atoms with Crippen LogP contribution in [-0.4, -0.2) is 19.1 Å².